The Labute approximate surface area is 173 Å². The van der Waals surface area contributed by atoms with Crippen molar-refractivity contribution >= 4 is 22.3 Å². The molecule has 1 aromatic heterocycles. The molecule has 0 unspecified atom stereocenters. The van der Waals surface area contributed by atoms with Crippen LogP contribution >= 0.6 is 0 Å². The summed E-state index contributed by atoms with van der Waals surface area (Å²) in [7, 11) is 1.63. The average Bonchev–Trinajstić information content (AvgIpc) is 2.63. The number of aromatic nitrogens is 2. The lowest BCUT2D eigenvalue weighted by Gasteiger charge is -2.27. The predicted octanol–water partition coefficient (Wildman–Crippen LogP) is 4.16. The van der Waals surface area contributed by atoms with E-state index in [2.05, 4.69) is 4.72 Å². The van der Waals surface area contributed by atoms with Crippen LogP contribution in [0.25, 0.3) is 22.3 Å². The summed E-state index contributed by atoms with van der Waals surface area (Å²) in [6.45, 7) is 9.50. The molecular weight excluding hydrogens is 389 g/mol. The van der Waals surface area contributed by atoms with Crippen molar-refractivity contribution in [2.45, 2.75) is 45.4 Å². The number of nitrogens with zero attached hydrogens (tertiary/aromatic N) is 2. The fourth-order valence-electron chi connectivity index (χ4n) is 3.17. The normalized spacial score (nSPS) is 14.2. The quantitative estimate of drug-likeness (QED) is 0.650. The average molecular weight is 416 g/mol. The number of halogens is 1. The fraction of sp³-hybridized carbons (Fsp3) is 0.364. The van der Waals surface area contributed by atoms with Crippen molar-refractivity contribution in [2.24, 2.45) is 7.05 Å². The van der Waals surface area contributed by atoms with Crippen LogP contribution in [-0.2, 0) is 18.4 Å². The Balaban J connectivity index is 2.22. The lowest BCUT2D eigenvalue weighted by molar-refractivity contribution is 0.531. The van der Waals surface area contributed by atoms with E-state index in [1.807, 2.05) is 40.7 Å². The summed E-state index contributed by atoms with van der Waals surface area (Å²) < 4.78 is 30.5. The Hall–Kier alpha value is -2.22. The highest BCUT2D eigenvalue weighted by Gasteiger charge is 2.29. The second-order valence-corrected chi connectivity index (χ2v) is 10.3. The molecule has 5 nitrogen and oxygen atoms in total. The van der Waals surface area contributed by atoms with E-state index in [1.54, 1.807) is 25.2 Å². The molecule has 0 aliphatic heterocycles. The molecule has 1 heterocycles. The van der Waals surface area contributed by atoms with E-state index in [4.69, 9.17) is 4.98 Å². The second kappa shape index (κ2) is 7.89. The maximum absolute atomic E-state index is 13.8. The van der Waals surface area contributed by atoms with Crippen LogP contribution in [0, 0.1) is 12.7 Å². The molecule has 0 amide bonds. The SMILES string of the molecule is Cc1cc([C@@H](C)N[S@+]([O-])C(C)(C)C)c2nc(-c3cccc(F)c3)n(C)c(=O)c2c1. The largest absolute Gasteiger partial charge is 0.598 e. The third kappa shape index (κ3) is 4.37. The molecule has 3 aromatic rings. The first kappa shape index (κ1) is 21.5. The van der Waals surface area contributed by atoms with Gasteiger partial charge in [-0.2, -0.15) is 0 Å². The van der Waals surface area contributed by atoms with Gasteiger partial charge in [-0.15, -0.1) is 4.72 Å². The minimum atomic E-state index is -1.28. The Morgan fingerprint density at radius 3 is 2.55 bits per heavy atom. The van der Waals surface area contributed by atoms with Crippen molar-refractivity contribution in [2.75, 3.05) is 0 Å². The van der Waals surface area contributed by atoms with Gasteiger partial charge in [-0.3, -0.25) is 9.36 Å². The van der Waals surface area contributed by atoms with Gasteiger partial charge in [-0.05, 0) is 58.4 Å². The lowest BCUT2D eigenvalue weighted by Crippen LogP contribution is -2.40. The molecule has 29 heavy (non-hydrogen) atoms. The predicted molar refractivity (Wildman–Crippen MR) is 117 cm³/mol. The molecule has 0 saturated carbocycles. The maximum atomic E-state index is 13.8. The van der Waals surface area contributed by atoms with Crippen LogP contribution < -0.4 is 10.3 Å². The van der Waals surface area contributed by atoms with E-state index in [1.165, 1.54) is 16.7 Å². The summed E-state index contributed by atoms with van der Waals surface area (Å²) in [4.78, 5) is 17.8. The molecule has 2 aromatic carbocycles. The van der Waals surface area contributed by atoms with Crippen molar-refractivity contribution in [1.29, 1.82) is 0 Å². The Bertz CT molecular complexity index is 1120. The summed E-state index contributed by atoms with van der Waals surface area (Å²) in [5.74, 6) is -0.00664. The summed E-state index contributed by atoms with van der Waals surface area (Å²) in [6.07, 6.45) is 0. The Kier molecular flexibility index (Phi) is 5.85. The van der Waals surface area contributed by atoms with Gasteiger partial charge in [-0.25, -0.2) is 9.37 Å². The second-order valence-electron chi connectivity index (χ2n) is 8.28. The molecule has 0 spiro atoms. The zero-order chi connectivity index (χ0) is 21.5. The van der Waals surface area contributed by atoms with Gasteiger partial charge < -0.3 is 4.55 Å². The zero-order valence-electron chi connectivity index (χ0n) is 17.5. The maximum Gasteiger partial charge on any atom is 0.261 e. The van der Waals surface area contributed by atoms with Crippen LogP contribution in [0.3, 0.4) is 0 Å². The van der Waals surface area contributed by atoms with Crippen LogP contribution in [0.5, 0.6) is 0 Å². The van der Waals surface area contributed by atoms with Gasteiger partial charge in [0.05, 0.1) is 16.9 Å². The molecule has 0 saturated heterocycles. The zero-order valence-corrected chi connectivity index (χ0v) is 18.4. The smallest absolute Gasteiger partial charge is 0.261 e. The molecule has 2 atom stereocenters. The van der Waals surface area contributed by atoms with Gasteiger partial charge in [0.25, 0.3) is 5.56 Å². The topological polar surface area (TPSA) is 70.0 Å². The monoisotopic (exact) mass is 415 g/mol. The first-order valence-electron chi connectivity index (χ1n) is 9.44. The van der Waals surface area contributed by atoms with E-state index >= 15 is 0 Å². The summed E-state index contributed by atoms with van der Waals surface area (Å²) >= 11 is -1.28. The summed E-state index contributed by atoms with van der Waals surface area (Å²) in [5.41, 5.74) is 2.55. The highest BCUT2D eigenvalue weighted by molar-refractivity contribution is 7.90. The van der Waals surface area contributed by atoms with E-state index in [-0.39, 0.29) is 11.6 Å². The van der Waals surface area contributed by atoms with Crippen LogP contribution in [0.15, 0.2) is 41.2 Å². The molecule has 0 aliphatic rings. The van der Waals surface area contributed by atoms with Gasteiger partial charge >= 0.3 is 0 Å². The molecule has 3 rings (SSSR count). The van der Waals surface area contributed by atoms with Crippen molar-refractivity contribution in [3.8, 4) is 11.4 Å². The third-order valence-electron chi connectivity index (χ3n) is 4.74. The van der Waals surface area contributed by atoms with Gasteiger partial charge in [0.2, 0.25) is 0 Å². The number of rotatable bonds is 4. The van der Waals surface area contributed by atoms with E-state index in [9.17, 15) is 13.7 Å². The highest BCUT2D eigenvalue weighted by atomic mass is 32.2. The Morgan fingerprint density at radius 1 is 1.24 bits per heavy atom. The number of hydrogen-bond donors (Lipinski definition) is 1. The first-order valence-corrected chi connectivity index (χ1v) is 10.6. The molecule has 1 N–H and O–H groups in total. The summed E-state index contributed by atoms with van der Waals surface area (Å²) in [5, 5.41) is 0.484. The van der Waals surface area contributed by atoms with E-state index < -0.39 is 21.9 Å². The minimum Gasteiger partial charge on any atom is -0.598 e. The van der Waals surface area contributed by atoms with Crippen LogP contribution in [-0.4, -0.2) is 18.9 Å². The number of hydrogen-bond acceptors (Lipinski definition) is 4. The van der Waals surface area contributed by atoms with Gasteiger partial charge in [0, 0.05) is 29.5 Å². The lowest BCUT2D eigenvalue weighted by atomic mass is 10.0. The Morgan fingerprint density at radius 2 is 1.93 bits per heavy atom. The van der Waals surface area contributed by atoms with Crippen LogP contribution in [0.2, 0.25) is 0 Å². The van der Waals surface area contributed by atoms with Crippen LogP contribution in [0.1, 0.15) is 44.9 Å². The minimum absolute atomic E-state index is 0.205. The molecule has 0 radical (unpaired) electrons. The van der Waals surface area contributed by atoms with Gasteiger partial charge in [-0.1, -0.05) is 18.2 Å². The van der Waals surface area contributed by atoms with Crippen molar-refractivity contribution in [1.82, 2.24) is 14.3 Å². The van der Waals surface area contributed by atoms with Crippen molar-refractivity contribution < 1.29 is 8.94 Å². The number of benzene rings is 2. The molecule has 0 fully saturated rings. The molecule has 7 heteroatoms. The molecule has 0 aliphatic carbocycles. The first-order chi connectivity index (χ1) is 13.5. The van der Waals surface area contributed by atoms with Gasteiger partial charge in [0.15, 0.2) is 0 Å². The molecular formula is C22H26FN3O2S. The van der Waals surface area contributed by atoms with Gasteiger partial charge in [0.1, 0.15) is 16.4 Å². The van der Waals surface area contributed by atoms with Crippen molar-refractivity contribution in [3.05, 3.63) is 63.7 Å². The fourth-order valence-corrected chi connectivity index (χ4v) is 3.97. The van der Waals surface area contributed by atoms with Crippen molar-refractivity contribution in [3.63, 3.8) is 0 Å². The highest BCUT2D eigenvalue weighted by Crippen LogP contribution is 2.27. The molecule has 0 bridgehead atoms. The third-order valence-corrected chi connectivity index (χ3v) is 6.42. The van der Waals surface area contributed by atoms with E-state index in [0.717, 1.165) is 11.1 Å². The van der Waals surface area contributed by atoms with Crippen LogP contribution in [0.4, 0.5) is 4.39 Å². The standard InChI is InChI=1S/C22H26FN3O2S/c1-13-10-17(14(2)25-29(28)22(3,4)5)19-18(11-13)21(27)26(6)20(24-19)15-8-7-9-16(23)12-15/h7-12,14,25H,1-6H3/t14-,29-/m1/s1. The number of aryl methyl sites for hydroxylation is 1. The summed E-state index contributed by atoms with van der Waals surface area (Å²) in [6, 6.07) is 9.48. The molecule has 154 valence electrons. The number of nitrogens with one attached hydrogen (secondary N) is 1. The number of fused-ring (bicyclic) bond motifs is 1. The van der Waals surface area contributed by atoms with E-state index in [0.29, 0.717) is 22.3 Å².